The van der Waals surface area contributed by atoms with Crippen molar-refractivity contribution in [1.82, 2.24) is 0 Å². The number of carboxylic acid groups (broad SMARTS) is 1. The molecule has 0 atom stereocenters. The quantitative estimate of drug-likeness (QED) is 0.749. The van der Waals surface area contributed by atoms with E-state index in [1.165, 1.54) is 24.3 Å². The minimum absolute atomic E-state index is 0.102. The number of carboxylic acids is 1. The third-order valence-corrected chi connectivity index (χ3v) is 2.80. The highest BCUT2D eigenvalue weighted by Crippen LogP contribution is 2.37. The molecule has 0 aromatic heterocycles. The van der Waals surface area contributed by atoms with E-state index in [9.17, 15) is 19.8 Å². The molecule has 0 unspecified atom stereocenters. The van der Waals surface area contributed by atoms with Crippen molar-refractivity contribution in [2.45, 2.75) is 6.42 Å². The summed E-state index contributed by atoms with van der Waals surface area (Å²) in [4.78, 5) is 23.9. The van der Waals surface area contributed by atoms with Crippen LogP contribution >= 0.6 is 0 Å². The predicted octanol–water partition coefficient (Wildman–Crippen LogP) is 2.24. The van der Waals surface area contributed by atoms with Crippen LogP contribution in [-0.4, -0.2) is 27.2 Å². The lowest BCUT2D eigenvalue weighted by Crippen LogP contribution is -2.28. The number of aromatic hydroxyl groups is 2. The van der Waals surface area contributed by atoms with Crippen LogP contribution in [0.15, 0.2) is 48.5 Å². The molecule has 0 aliphatic carbocycles. The second kappa shape index (κ2) is 5.96. The average Bonchev–Trinajstić information content (AvgIpc) is 2.42. The molecule has 0 bridgehead atoms. The summed E-state index contributed by atoms with van der Waals surface area (Å²) in [5.41, 5.74) is 0.204. The van der Waals surface area contributed by atoms with Gasteiger partial charge in [0.15, 0.2) is 0 Å². The van der Waals surface area contributed by atoms with E-state index in [0.717, 1.165) is 4.90 Å². The van der Waals surface area contributed by atoms with Gasteiger partial charge in [0, 0.05) is 0 Å². The Bertz CT molecular complexity index is 638. The smallest absolute Gasteiger partial charge is 0.312 e. The summed E-state index contributed by atoms with van der Waals surface area (Å²) in [6, 6.07) is 12.0. The van der Waals surface area contributed by atoms with Crippen LogP contribution in [0.4, 0.5) is 11.4 Å². The van der Waals surface area contributed by atoms with Gasteiger partial charge < -0.3 is 15.3 Å². The highest BCUT2D eigenvalue weighted by Gasteiger charge is 2.24. The van der Waals surface area contributed by atoms with Crippen LogP contribution in [0.1, 0.15) is 6.42 Å². The summed E-state index contributed by atoms with van der Waals surface area (Å²) >= 11 is 0. The summed E-state index contributed by atoms with van der Waals surface area (Å²) < 4.78 is 0. The van der Waals surface area contributed by atoms with E-state index in [0.29, 0.717) is 0 Å². The fourth-order valence-corrected chi connectivity index (χ4v) is 1.91. The van der Waals surface area contributed by atoms with Gasteiger partial charge in [-0.05, 0) is 24.3 Å². The normalized spacial score (nSPS) is 10.1. The number of phenols is 2. The van der Waals surface area contributed by atoms with Gasteiger partial charge in [0.25, 0.3) is 0 Å². The summed E-state index contributed by atoms with van der Waals surface area (Å²) in [6.07, 6.45) is -0.761. The molecule has 0 saturated heterocycles. The highest BCUT2D eigenvalue weighted by molar-refractivity contribution is 6.09. The van der Waals surface area contributed by atoms with Crippen LogP contribution in [0.25, 0.3) is 0 Å². The van der Waals surface area contributed by atoms with Gasteiger partial charge in [0.05, 0.1) is 11.4 Å². The van der Waals surface area contributed by atoms with Crippen molar-refractivity contribution in [3.63, 3.8) is 0 Å². The van der Waals surface area contributed by atoms with E-state index in [4.69, 9.17) is 5.11 Å². The first-order chi connectivity index (χ1) is 10.0. The Kier molecular flexibility index (Phi) is 4.08. The second-order valence-electron chi connectivity index (χ2n) is 4.28. The SMILES string of the molecule is O=C(O)CC(=O)N(c1ccccc1O)c1ccccc1O. The molecule has 0 aliphatic rings. The third kappa shape index (κ3) is 3.11. The molecule has 2 aromatic rings. The number of aliphatic carboxylic acids is 1. The maximum absolute atomic E-state index is 12.2. The first-order valence-electron chi connectivity index (χ1n) is 6.11. The molecule has 0 radical (unpaired) electrons. The molecule has 0 saturated carbocycles. The lowest BCUT2D eigenvalue weighted by molar-refractivity contribution is -0.139. The number of carbonyl (C=O) groups is 2. The van der Waals surface area contributed by atoms with Crippen LogP contribution in [0.3, 0.4) is 0 Å². The molecule has 0 heterocycles. The molecule has 3 N–H and O–H groups in total. The predicted molar refractivity (Wildman–Crippen MR) is 75.6 cm³/mol. The van der Waals surface area contributed by atoms with E-state index in [-0.39, 0.29) is 22.9 Å². The molecule has 21 heavy (non-hydrogen) atoms. The molecular weight excluding hydrogens is 274 g/mol. The number of amides is 1. The van der Waals surface area contributed by atoms with E-state index in [1.54, 1.807) is 24.3 Å². The lowest BCUT2D eigenvalue weighted by atomic mass is 10.2. The van der Waals surface area contributed by atoms with Gasteiger partial charge in [-0.25, -0.2) is 0 Å². The van der Waals surface area contributed by atoms with Gasteiger partial charge in [0.1, 0.15) is 17.9 Å². The number of benzene rings is 2. The Hall–Kier alpha value is -3.02. The lowest BCUT2D eigenvalue weighted by Gasteiger charge is -2.23. The van der Waals surface area contributed by atoms with Crippen molar-refractivity contribution in [1.29, 1.82) is 0 Å². The van der Waals surface area contributed by atoms with Crippen molar-refractivity contribution in [3.8, 4) is 11.5 Å². The number of anilines is 2. The van der Waals surface area contributed by atoms with Crippen molar-refractivity contribution >= 4 is 23.3 Å². The molecule has 6 nitrogen and oxygen atoms in total. The molecule has 6 heteroatoms. The van der Waals surface area contributed by atoms with Crippen molar-refractivity contribution in [2.24, 2.45) is 0 Å². The van der Waals surface area contributed by atoms with E-state index in [1.807, 2.05) is 0 Å². The number of phenolic OH excluding ortho intramolecular Hbond substituents is 2. The largest absolute Gasteiger partial charge is 0.506 e. The standard InChI is InChI=1S/C15H13NO5/c17-12-7-3-1-5-10(12)16(14(19)9-15(20)21)11-6-2-4-8-13(11)18/h1-8,17-18H,9H2,(H,20,21). The first kappa shape index (κ1) is 14.4. The molecule has 2 aromatic carbocycles. The fraction of sp³-hybridized carbons (Fsp3) is 0.0667. The van der Waals surface area contributed by atoms with Crippen LogP contribution in [0.2, 0.25) is 0 Å². The molecule has 0 fully saturated rings. The minimum Gasteiger partial charge on any atom is -0.506 e. The van der Waals surface area contributed by atoms with Gasteiger partial charge in [-0.15, -0.1) is 0 Å². The number of nitrogens with zero attached hydrogens (tertiary/aromatic N) is 1. The Balaban J connectivity index is 2.55. The molecular formula is C15H13NO5. The minimum atomic E-state index is -1.30. The summed E-state index contributed by atoms with van der Waals surface area (Å²) in [7, 11) is 0. The van der Waals surface area contributed by atoms with Gasteiger partial charge in [-0.2, -0.15) is 0 Å². The number of hydrogen-bond donors (Lipinski definition) is 3. The average molecular weight is 287 g/mol. The summed E-state index contributed by atoms with van der Waals surface area (Å²) in [5.74, 6) is -2.46. The van der Waals surface area contributed by atoms with Crippen LogP contribution in [0.5, 0.6) is 11.5 Å². The fourth-order valence-electron chi connectivity index (χ4n) is 1.91. The molecule has 108 valence electrons. The van der Waals surface area contributed by atoms with Crippen LogP contribution in [0, 0.1) is 0 Å². The topological polar surface area (TPSA) is 98.1 Å². The Morgan fingerprint density at radius 3 is 1.67 bits per heavy atom. The highest BCUT2D eigenvalue weighted by atomic mass is 16.4. The number of hydrogen-bond acceptors (Lipinski definition) is 4. The van der Waals surface area contributed by atoms with Crippen LogP contribution < -0.4 is 4.90 Å². The molecule has 2 rings (SSSR count). The summed E-state index contributed by atoms with van der Waals surface area (Å²) in [5, 5.41) is 28.6. The van der Waals surface area contributed by atoms with Crippen molar-refractivity contribution in [3.05, 3.63) is 48.5 Å². The first-order valence-corrected chi connectivity index (χ1v) is 6.11. The Labute approximate surface area is 120 Å². The molecule has 0 spiro atoms. The van der Waals surface area contributed by atoms with Gasteiger partial charge in [-0.1, -0.05) is 24.3 Å². The zero-order chi connectivity index (χ0) is 15.4. The zero-order valence-corrected chi connectivity index (χ0v) is 10.9. The Morgan fingerprint density at radius 2 is 1.29 bits per heavy atom. The van der Waals surface area contributed by atoms with Crippen LogP contribution in [-0.2, 0) is 9.59 Å². The van der Waals surface area contributed by atoms with E-state index >= 15 is 0 Å². The maximum Gasteiger partial charge on any atom is 0.312 e. The molecule has 1 amide bonds. The third-order valence-electron chi connectivity index (χ3n) is 2.80. The van der Waals surface area contributed by atoms with E-state index in [2.05, 4.69) is 0 Å². The maximum atomic E-state index is 12.2. The zero-order valence-electron chi connectivity index (χ0n) is 10.9. The van der Waals surface area contributed by atoms with E-state index < -0.39 is 18.3 Å². The van der Waals surface area contributed by atoms with Crippen molar-refractivity contribution < 1.29 is 24.9 Å². The van der Waals surface area contributed by atoms with Gasteiger partial charge in [-0.3, -0.25) is 14.5 Å². The number of carbonyl (C=O) groups excluding carboxylic acids is 1. The molecule has 0 aliphatic heterocycles. The number of rotatable bonds is 4. The number of para-hydroxylation sites is 4. The Morgan fingerprint density at radius 1 is 0.857 bits per heavy atom. The van der Waals surface area contributed by atoms with Gasteiger partial charge in [0.2, 0.25) is 5.91 Å². The summed E-state index contributed by atoms with van der Waals surface area (Å²) in [6.45, 7) is 0. The van der Waals surface area contributed by atoms with Crippen molar-refractivity contribution in [2.75, 3.05) is 4.90 Å². The van der Waals surface area contributed by atoms with Gasteiger partial charge >= 0.3 is 5.97 Å². The monoisotopic (exact) mass is 287 g/mol. The second-order valence-corrected chi connectivity index (χ2v) is 4.28.